The molecule has 29 heavy (non-hydrogen) atoms. The SMILES string of the molecule is C[C@@H]1C[C@@H](C)CN(C(=O)CSc2nc3ccccc3c(=O)n2CCC[NH+](C)C)C1. The number of benzene rings is 1. The second kappa shape index (κ2) is 9.76. The zero-order valence-corrected chi connectivity index (χ0v) is 18.8. The van der Waals surface area contributed by atoms with Crippen LogP contribution in [-0.4, -0.2) is 59.8 Å². The molecule has 1 aromatic carbocycles. The second-order valence-electron chi connectivity index (χ2n) is 8.71. The van der Waals surface area contributed by atoms with E-state index in [9.17, 15) is 9.59 Å². The summed E-state index contributed by atoms with van der Waals surface area (Å²) >= 11 is 1.39. The van der Waals surface area contributed by atoms with Crippen LogP contribution in [0.3, 0.4) is 0 Å². The van der Waals surface area contributed by atoms with Crippen molar-refractivity contribution in [1.82, 2.24) is 14.5 Å². The van der Waals surface area contributed by atoms with Gasteiger partial charge in [0, 0.05) is 26.1 Å². The Morgan fingerprint density at radius 1 is 1.21 bits per heavy atom. The minimum Gasteiger partial charge on any atom is -0.341 e. The van der Waals surface area contributed by atoms with E-state index in [1.165, 1.54) is 23.1 Å². The highest BCUT2D eigenvalue weighted by molar-refractivity contribution is 7.99. The molecular weight excluding hydrogens is 384 g/mol. The Bertz CT molecular complexity index is 901. The first kappa shape index (κ1) is 21.8. The van der Waals surface area contributed by atoms with E-state index in [-0.39, 0.29) is 11.5 Å². The van der Waals surface area contributed by atoms with Gasteiger partial charge in [-0.05, 0) is 30.4 Å². The third-order valence-corrected chi connectivity index (χ3v) is 6.39. The Kier molecular flexibility index (Phi) is 7.35. The number of hydrogen-bond donors (Lipinski definition) is 1. The molecule has 6 nitrogen and oxygen atoms in total. The zero-order chi connectivity index (χ0) is 21.0. The molecule has 2 heterocycles. The minimum absolute atomic E-state index is 0.0143. The molecule has 0 unspecified atom stereocenters. The Morgan fingerprint density at radius 2 is 1.90 bits per heavy atom. The summed E-state index contributed by atoms with van der Waals surface area (Å²) < 4.78 is 1.75. The molecule has 0 bridgehead atoms. The van der Waals surface area contributed by atoms with Crippen LogP contribution in [0.25, 0.3) is 10.9 Å². The van der Waals surface area contributed by atoms with Gasteiger partial charge in [-0.2, -0.15) is 0 Å². The van der Waals surface area contributed by atoms with Crippen LogP contribution in [0.1, 0.15) is 26.7 Å². The number of carbonyl (C=O) groups excluding carboxylic acids is 1. The maximum absolute atomic E-state index is 13.1. The molecule has 1 amide bonds. The number of piperidine rings is 1. The Labute approximate surface area is 177 Å². The van der Waals surface area contributed by atoms with Crippen molar-refractivity contribution >= 4 is 28.6 Å². The van der Waals surface area contributed by atoms with Gasteiger partial charge >= 0.3 is 0 Å². The molecule has 1 fully saturated rings. The lowest BCUT2D eigenvalue weighted by Gasteiger charge is -2.35. The summed E-state index contributed by atoms with van der Waals surface area (Å²) in [5.74, 6) is 1.54. The number of hydrogen-bond acceptors (Lipinski definition) is 4. The van der Waals surface area contributed by atoms with Crippen LogP contribution in [0.2, 0.25) is 0 Å². The molecule has 1 aromatic heterocycles. The molecule has 1 aliphatic rings. The van der Waals surface area contributed by atoms with Gasteiger partial charge in [0.2, 0.25) is 5.91 Å². The summed E-state index contributed by atoms with van der Waals surface area (Å²) in [5.41, 5.74) is 0.682. The fraction of sp³-hybridized carbons (Fsp3) is 0.591. The number of likely N-dealkylation sites (tertiary alicyclic amines) is 1. The van der Waals surface area contributed by atoms with Gasteiger partial charge in [0.1, 0.15) is 0 Å². The second-order valence-corrected chi connectivity index (χ2v) is 9.65. The average molecular weight is 418 g/mol. The molecule has 0 spiro atoms. The number of aromatic nitrogens is 2. The molecule has 2 aromatic rings. The van der Waals surface area contributed by atoms with Crippen molar-refractivity contribution in [3.8, 4) is 0 Å². The van der Waals surface area contributed by atoms with Gasteiger partial charge in [-0.3, -0.25) is 14.2 Å². The normalized spacial score (nSPS) is 19.8. The molecule has 0 radical (unpaired) electrons. The van der Waals surface area contributed by atoms with Gasteiger partial charge in [-0.15, -0.1) is 0 Å². The molecule has 158 valence electrons. The topological polar surface area (TPSA) is 59.6 Å². The van der Waals surface area contributed by atoms with E-state index in [1.54, 1.807) is 4.57 Å². The number of para-hydroxylation sites is 1. The summed E-state index contributed by atoms with van der Waals surface area (Å²) in [4.78, 5) is 33.9. The average Bonchev–Trinajstić information content (AvgIpc) is 2.67. The molecule has 1 saturated heterocycles. The van der Waals surface area contributed by atoms with Gasteiger partial charge in [0.25, 0.3) is 5.56 Å². The van der Waals surface area contributed by atoms with Crippen LogP contribution in [0.4, 0.5) is 0 Å². The number of quaternary nitrogens is 1. The lowest BCUT2D eigenvalue weighted by atomic mass is 9.92. The number of nitrogens with one attached hydrogen (secondary N) is 1. The van der Waals surface area contributed by atoms with Crippen molar-refractivity contribution in [1.29, 1.82) is 0 Å². The summed E-state index contributed by atoms with van der Waals surface area (Å²) in [5, 5.41) is 1.29. The Hall–Kier alpha value is -1.86. The molecular formula is C22H33N4O2S+. The molecule has 0 saturated carbocycles. The lowest BCUT2D eigenvalue weighted by Crippen LogP contribution is -3.05. The van der Waals surface area contributed by atoms with Crippen molar-refractivity contribution < 1.29 is 9.69 Å². The third-order valence-electron chi connectivity index (χ3n) is 5.43. The van der Waals surface area contributed by atoms with Gasteiger partial charge in [0.05, 0.1) is 37.3 Å². The molecule has 1 N–H and O–H groups in total. The van der Waals surface area contributed by atoms with E-state index in [0.29, 0.717) is 40.2 Å². The summed E-state index contributed by atoms with van der Waals surface area (Å²) in [7, 11) is 4.21. The van der Waals surface area contributed by atoms with E-state index in [4.69, 9.17) is 4.98 Å². The lowest BCUT2D eigenvalue weighted by molar-refractivity contribution is -0.858. The smallest absolute Gasteiger partial charge is 0.262 e. The summed E-state index contributed by atoms with van der Waals surface area (Å²) in [6, 6.07) is 7.46. The number of thioether (sulfide) groups is 1. The van der Waals surface area contributed by atoms with Gasteiger partial charge in [-0.25, -0.2) is 4.98 Å². The molecule has 1 aliphatic heterocycles. The number of nitrogens with zero attached hydrogens (tertiary/aromatic N) is 3. The first-order valence-corrected chi connectivity index (χ1v) is 11.5. The third kappa shape index (κ3) is 5.60. The molecule has 3 rings (SSSR count). The van der Waals surface area contributed by atoms with Crippen LogP contribution in [0, 0.1) is 11.8 Å². The van der Waals surface area contributed by atoms with E-state index in [2.05, 4.69) is 27.9 Å². The van der Waals surface area contributed by atoms with E-state index in [0.717, 1.165) is 26.1 Å². The molecule has 2 atom stereocenters. The van der Waals surface area contributed by atoms with Crippen molar-refractivity contribution in [3.05, 3.63) is 34.6 Å². The monoisotopic (exact) mass is 417 g/mol. The Balaban J connectivity index is 1.79. The maximum Gasteiger partial charge on any atom is 0.262 e. The Morgan fingerprint density at radius 3 is 2.59 bits per heavy atom. The predicted molar refractivity (Wildman–Crippen MR) is 119 cm³/mol. The highest BCUT2D eigenvalue weighted by atomic mass is 32.2. The highest BCUT2D eigenvalue weighted by Gasteiger charge is 2.25. The molecule has 0 aliphatic carbocycles. The fourth-order valence-corrected chi connectivity index (χ4v) is 5.06. The quantitative estimate of drug-likeness (QED) is 0.548. The maximum atomic E-state index is 13.1. The standard InChI is InChI=1S/C22H32N4O2S/c1-16-12-17(2)14-25(13-16)20(27)15-29-22-23-19-9-6-5-8-18(19)21(28)26(22)11-7-10-24(3)4/h5-6,8-9,16-17H,7,10-15H2,1-4H3/p+1/t16-,17-/m1/s1. The first-order valence-electron chi connectivity index (χ1n) is 10.5. The van der Waals surface area contributed by atoms with E-state index in [1.807, 2.05) is 29.2 Å². The van der Waals surface area contributed by atoms with Crippen LogP contribution in [-0.2, 0) is 11.3 Å². The zero-order valence-electron chi connectivity index (χ0n) is 18.0. The largest absolute Gasteiger partial charge is 0.341 e. The van der Waals surface area contributed by atoms with Crippen molar-refractivity contribution in [2.45, 2.75) is 38.4 Å². The number of carbonyl (C=O) groups is 1. The van der Waals surface area contributed by atoms with Crippen LogP contribution < -0.4 is 10.5 Å². The first-order chi connectivity index (χ1) is 13.8. The van der Waals surface area contributed by atoms with E-state index < -0.39 is 0 Å². The molecule has 7 heteroatoms. The van der Waals surface area contributed by atoms with E-state index >= 15 is 0 Å². The number of amides is 1. The predicted octanol–water partition coefficient (Wildman–Crippen LogP) is 1.53. The van der Waals surface area contributed by atoms with Crippen molar-refractivity contribution in [3.63, 3.8) is 0 Å². The van der Waals surface area contributed by atoms with Crippen LogP contribution in [0.15, 0.2) is 34.2 Å². The highest BCUT2D eigenvalue weighted by Crippen LogP contribution is 2.23. The number of rotatable bonds is 7. The van der Waals surface area contributed by atoms with Gasteiger partial charge in [-0.1, -0.05) is 37.7 Å². The summed E-state index contributed by atoms with van der Waals surface area (Å²) in [6.07, 6.45) is 2.07. The summed E-state index contributed by atoms with van der Waals surface area (Å²) in [6.45, 7) is 7.67. The van der Waals surface area contributed by atoms with Crippen molar-refractivity contribution in [2.75, 3.05) is 39.5 Å². The van der Waals surface area contributed by atoms with Crippen LogP contribution in [0.5, 0.6) is 0 Å². The minimum atomic E-state index is -0.0143. The fourth-order valence-electron chi connectivity index (χ4n) is 4.13. The van der Waals surface area contributed by atoms with Crippen molar-refractivity contribution in [2.24, 2.45) is 11.8 Å². The number of fused-ring (bicyclic) bond motifs is 1. The van der Waals surface area contributed by atoms with Gasteiger partial charge in [0.15, 0.2) is 5.16 Å². The van der Waals surface area contributed by atoms with Gasteiger partial charge < -0.3 is 9.80 Å². The van der Waals surface area contributed by atoms with Crippen LogP contribution >= 0.6 is 11.8 Å².